The zero-order chi connectivity index (χ0) is 19.2. The lowest BCUT2D eigenvalue weighted by atomic mass is 10.1. The van der Waals surface area contributed by atoms with E-state index in [1.54, 1.807) is 0 Å². The first kappa shape index (κ1) is 19.9. The Morgan fingerprint density at radius 3 is 2.46 bits per heavy atom. The molecule has 0 atom stereocenters. The van der Waals surface area contributed by atoms with E-state index in [2.05, 4.69) is 10.6 Å². The Morgan fingerprint density at radius 1 is 1.15 bits per heavy atom. The van der Waals surface area contributed by atoms with E-state index < -0.39 is 17.8 Å². The number of amides is 3. The molecule has 26 heavy (non-hydrogen) atoms. The molecule has 9 heteroatoms. The summed E-state index contributed by atoms with van der Waals surface area (Å²) in [5.74, 6) is -0.358. The molecule has 0 bridgehead atoms. The standard InChI is InChI=1S/C17H23F3N4O2/c18-17(19,20)12-6-7-14(24-9-3-4-10-24)13(11-12)23-15(25)5-1-2-8-22-16(21)26/h6-7,11H,1-5,8-10H2,(H,23,25)(H3,21,22,26). The van der Waals surface area contributed by atoms with Crippen LogP contribution in [0.25, 0.3) is 0 Å². The van der Waals surface area contributed by atoms with Crippen LogP contribution in [0.3, 0.4) is 0 Å². The summed E-state index contributed by atoms with van der Waals surface area (Å²) in [6.45, 7) is 1.87. The molecule has 0 spiro atoms. The highest BCUT2D eigenvalue weighted by atomic mass is 19.4. The molecule has 6 nitrogen and oxygen atoms in total. The number of primary amides is 1. The van der Waals surface area contributed by atoms with Gasteiger partial charge in [-0.15, -0.1) is 0 Å². The van der Waals surface area contributed by atoms with Gasteiger partial charge in [0, 0.05) is 26.1 Å². The zero-order valence-electron chi connectivity index (χ0n) is 14.4. The molecule has 1 aliphatic rings. The van der Waals surface area contributed by atoms with Gasteiger partial charge in [-0.2, -0.15) is 13.2 Å². The first-order valence-corrected chi connectivity index (χ1v) is 8.57. The van der Waals surface area contributed by atoms with Crippen molar-refractivity contribution in [1.29, 1.82) is 0 Å². The Balaban J connectivity index is 2.02. The van der Waals surface area contributed by atoms with Crippen LogP contribution in [0, 0.1) is 0 Å². The van der Waals surface area contributed by atoms with E-state index in [1.807, 2.05) is 4.90 Å². The Bertz CT molecular complexity index is 643. The average Bonchev–Trinajstić information content (AvgIpc) is 3.07. The van der Waals surface area contributed by atoms with Crippen molar-refractivity contribution in [3.05, 3.63) is 23.8 Å². The lowest BCUT2D eigenvalue weighted by molar-refractivity contribution is -0.137. The van der Waals surface area contributed by atoms with Gasteiger partial charge in [0.25, 0.3) is 0 Å². The van der Waals surface area contributed by atoms with Crippen LogP contribution in [0.2, 0.25) is 0 Å². The minimum Gasteiger partial charge on any atom is -0.370 e. The van der Waals surface area contributed by atoms with Crippen molar-refractivity contribution in [3.8, 4) is 0 Å². The third-order valence-electron chi connectivity index (χ3n) is 4.17. The first-order chi connectivity index (χ1) is 12.3. The maximum atomic E-state index is 13.0. The molecule has 1 aromatic rings. The number of hydrogen-bond acceptors (Lipinski definition) is 3. The molecule has 1 aromatic carbocycles. The van der Waals surface area contributed by atoms with Gasteiger partial charge in [-0.3, -0.25) is 4.79 Å². The van der Waals surface area contributed by atoms with Gasteiger partial charge in [-0.1, -0.05) is 0 Å². The van der Waals surface area contributed by atoms with Gasteiger partial charge in [0.2, 0.25) is 5.91 Å². The molecule has 1 saturated heterocycles. The maximum Gasteiger partial charge on any atom is 0.416 e. The number of nitrogens with one attached hydrogen (secondary N) is 2. The summed E-state index contributed by atoms with van der Waals surface area (Å²) < 4.78 is 39.0. The van der Waals surface area contributed by atoms with E-state index in [-0.39, 0.29) is 18.0 Å². The van der Waals surface area contributed by atoms with Crippen LogP contribution in [-0.4, -0.2) is 31.6 Å². The zero-order valence-corrected chi connectivity index (χ0v) is 14.4. The van der Waals surface area contributed by atoms with E-state index in [4.69, 9.17) is 5.73 Å². The van der Waals surface area contributed by atoms with Crippen LogP contribution in [0.15, 0.2) is 18.2 Å². The minimum absolute atomic E-state index is 0.149. The lowest BCUT2D eigenvalue weighted by Crippen LogP contribution is -2.30. The normalized spacial score (nSPS) is 14.3. The summed E-state index contributed by atoms with van der Waals surface area (Å²) in [4.78, 5) is 24.6. The highest BCUT2D eigenvalue weighted by Crippen LogP contribution is 2.36. The van der Waals surface area contributed by atoms with Crippen LogP contribution in [0.5, 0.6) is 0 Å². The predicted molar refractivity (Wildman–Crippen MR) is 93.0 cm³/mol. The average molecular weight is 372 g/mol. The molecule has 4 N–H and O–H groups in total. The molecular formula is C17H23F3N4O2. The number of hydrogen-bond donors (Lipinski definition) is 3. The lowest BCUT2D eigenvalue weighted by Gasteiger charge is -2.23. The molecule has 0 aromatic heterocycles. The fraction of sp³-hybridized carbons (Fsp3) is 0.529. The van der Waals surface area contributed by atoms with Gasteiger partial charge < -0.3 is 21.3 Å². The van der Waals surface area contributed by atoms with Crippen molar-refractivity contribution in [2.24, 2.45) is 5.73 Å². The van der Waals surface area contributed by atoms with Gasteiger partial charge >= 0.3 is 12.2 Å². The molecule has 1 heterocycles. The maximum absolute atomic E-state index is 13.0. The minimum atomic E-state index is -4.47. The van der Waals surface area contributed by atoms with E-state index in [0.29, 0.717) is 25.1 Å². The van der Waals surface area contributed by atoms with Gasteiger partial charge in [-0.25, -0.2) is 4.79 Å². The molecular weight excluding hydrogens is 349 g/mol. The van der Waals surface area contributed by atoms with Gasteiger partial charge in [-0.05, 0) is 43.9 Å². The molecule has 0 unspecified atom stereocenters. The smallest absolute Gasteiger partial charge is 0.370 e. The third kappa shape index (κ3) is 5.82. The fourth-order valence-electron chi connectivity index (χ4n) is 2.88. The Labute approximate surface area is 149 Å². The van der Waals surface area contributed by atoms with Crippen LogP contribution in [-0.2, 0) is 11.0 Å². The number of halogens is 3. The molecule has 3 amide bonds. The van der Waals surface area contributed by atoms with Crippen molar-refractivity contribution in [2.45, 2.75) is 38.3 Å². The molecule has 0 aliphatic carbocycles. The topological polar surface area (TPSA) is 87.5 Å². The number of nitrogens with zero attached hydrogens (tertiary/aromatic N) is 1. The van der Waals surface area contributed by atoms with Crippen LogP contribution < -0.4 is 21.3 Å². The summed E-state index contributed by atoms with van der Waals surface area (Å²) in [6, 6.07) is 2.81. The Kier molecular flexibility index (Phi) is 6.70. The van der Waals surface area contributed by atoms with Crippen molar-refractivity contribution in [1.82, 2.24) is 5.32 Å². The number of urea groups is 1. The molecule has 1 aliphatic heterocycles. The third-order valence-corrected chi connectivity index (χ3v) is 4.17. The second kappa shape index (κ2) is 8.77. The highest BCUT2D eigenvalue weighted by Gasteiger charge is 2.32. The van der Waals surface area contributed by atoms with Gasteiger partial charge in [0.15, 0.2) is 0 Å². The van der Waals surface area contributed by atoms with Crippen molar-refractivity contribution >= 4 is 23.3 Å². The number of unbranched alkanes of at least 4 members (excludes halogenated alkanes) is 1. The Morgan fingerprint density at radius 2 is 1.85 bits per heavy atom. The predicted octanol–water partition coefficient (Wildman–Crippen LogP) is 3.08. The first-order valence-electron chi connectivity index (χ1n) is 8.57. The number of alkyl halides is 3. The molecule has 2 rings (SSSR count). The SMILES string of the molecule is NC(=O)NCCCCC(=O)Nc1cc(C(F)(F)F)ccc1N1CCCC1. The summed E-state index contributed by atoms with van der Waals surface area (Å²) in [7, 11) is 0. The van der Waals surface area contributed by atoms with E-state index in [1.165, 1.54) is 6.07 Å². The number of nitrogens with two attached hydrogens (primary N) is 1. The molecule has 144 valence electrons. The largest absolute Gasteiger partial charge is 0.416 e. The number of benzene rings is 1. The van der Waals surface area contributed by atoms with Crippen LogP contribution in [0.1, 0.15) is 37.7 Å². The van der Waals surface area contributed by atoms with Crippen molar-refractivity contribution < 1.29 is 22.8 Å². The molecule has 1 fully saturated rings. The highest BCUT2D eigenvalue weighted by molar-refractivity contribution is 5.94. The summed E-state index contributed by atoms with van der Waals surface area (Å²) in [5, 5.41) is 5.02. The van der Waals surface area contributed by atoms with Crippen LogP contribution >= 0.6 is 0 Å². The van der Waals surface area contributed by atoms with Crippen LogP contribution in [0.4, 0.5) is 29.3 Å². The van der Waals surface area contributed by atoms with Gasteiger partial charge in [0.1, 0.15) is 0 Å². The van der Waals surface area contributed by atoms with E-state index in [9.17, 15) is 22.8 Å². The van der Waals surface area contributed by atoms with E-state index >= 15 is 0 Å². The molecule has 0 saturated carbocycles. The second-order valence-electron chi connectivity index (χ2n) is 6.22. The fourth-order valence-corrected chi connectivity index (χ4v) is 2.88. The monoisotopic (exact) mass is 372 g/mol. The number of carbonyl (C=O) groups is 2. The number of carbonyl (C=O) groups excluding carboxylic acids is 2. The van der Waals surface area contributed by atoms with Gasteiger partial charge in [0.05, 0.1) is 16.9 Å². The van der Waals surface area contributed by atoms with E-state index in [0.717, 1.165) is 38.1 Å². The molecule has 0 radical (unpaired) electrons. The second-order valence-corrected chi connectivity index (χ2v) is 6.22. The van der Waals surface area contributed by atoms with Crippen molar-refractivity contribution in [3.63, 3.8) is 0 Å². The number of anilines is 2. The quantitative estimate of drug-likeness (QED) is 0.643. The summed E-state index contributed by atoms with van der Waals surface area (Å²) in [5.41, 5.74) is 4.94. The Hall–Kier alpha value is -2.45. The number of rotatable bonds is 7. The summed E-state index contributed by atoms with van der Waals surface area (Å²) in [6.07, 6.45) is -1.33. The summed E-state index contributed by atoms with van der Waals surface area (Å²) >= 11 is 0. The van der Waals surface area contributed by atoms with Crippen molar-refractivity contribution in [2.75, 3.05) is 29.9 Å².